The summed E-state index contributed by atoms with van der Waals surface area (Å²) in [5.41, 5.74) is 4.50. The number of benzene rings is 1. The van der Waals surface area contributed by atoms with Crippen molar-refractivity contribution in [2.24, 2.45) is 0 Å². The van der Waals surface area contributed by atoms with Crippen molar-refractivity contribution in [3.63, 3.8) is 0 Å². The molecule has 2 fully saturated rings. The van der Waals surface area contributed by atoms with Gasteiger partial charge in [0.15, 0.2) is 0 Å². The van der Waals surface area contributed by atoms with Crippen LogP contribution in [0.1, 0.15) is 42.4 Å². The standard InChI is InChI=1S/C23H31N5O2/c1-15-10-16(2)22(17(3)11-15)28-9-7-19(23(28)30)26-20-12-21(25-14-24-20)27-8-5-4-6-18(27)13-29/h10-12,14,18-19,29H,4-9,13H2,1-3H3,(H,24,25,26). The second-order valence-electron chi connectivity index (χ2n) is 8.51. The number of piperidine rings is 1. The zero-order valence-electron chi connectivity index (χ0n) is 18.1. The first kappa shape index (κ1) is 20.6. The molecule has 2 atom stereocenters. The summed E-state index contributed by atoms with van der Waals surface area (Å²) in [7, 11) is 0. The molecule has 1 aromatic carbocycles. The molecule has 30 heavy (non-hydrogen) atoms. The number of aliphatic hydroxyl groups excluding tert-OH is 1. The van der Waals surface area contributed by atoms with Crippen LogP contribution in [0, 0.1) is 20.8 Å². The average Bonchev–Trinajstić information content (AvgIpc) is 3.07. The van der Waals surface area contributed by atoms with Crippen molar-refractivity contribution in [1.82, 2.24) is 9.97 Å². The van der Waals surface area contributed by atoms with Crippen LogP contribution in [0.15, 0.2) is 24.5 Å². The molecule has 2 aliphatic rings. The highest BCUT2D eigenvalue weighted by Gasteiger charge is 2.34. The molecule has 0 aliphatic carbocycles. The number of carbonyl (C=O) groups is 1. The molecule has 0 radical (unpaired) electrons. The minimum absolute atomic E-state index is 0.0800. The predicted octanol–water partition coefficient (Wildman–Crippen LogP) is 2.97. The van der Waals surface area contributed by atoms with Crippen LogP contribution in [-0.4, -0.2) is 52.8 Å². The van der Waals surface area contributed by atoms with Gasteiger partial charge >= 0.3 is 0 Å². The van der Waals surface area contributed by atoms with Crippen molar-refractivity contribution < 1.29 is 9.90 Å². The van der Waals surface area contributed by atoms with E-state index in [-0.39, 0.29) is 24.6 Å². The summed E-state index contributed by atoms with van der Waals surface area (Å²) >= 11 is 0. The molecule has 1 aromatic heterocycles. The van der Waals surface area contributed by atoms with Crippen LogP contribution < -0.4 is 15.1 Å². The summed E-state index contributed by atoms with van der Waals surface area (Å²) in [6.45, 7) is 7.91. The highest BCUT2D eigenvalue weighted by molar-refractivity contribution is 6.02. The maximum Gasteiger partial charge on any atom is 0.249 e. The fourth-order valence-corrected chi connectivity index (χ4v) is 4.89. The van der Waals surface area contributed by atoms with E-state index in [1.165, 1.54) is 11.9 Å². The van der Waals surface area contributed by atoms with Crippen LogP contribution in [0.5, 0.6) is 0 Å². The number of aromatic nitrogens is 2. The molecule has 2 aliphatic heterocycles. The highest BCUT2D eigenvalue weighted by atomic mass is 16.3. The van der Waals surface area contributed by atoms with E-state index in [0.29, 0.717) is 12.4 Å². The topological polar surface area (TPSA) is 81.6 Å². The molecular weight excluding hydrogens is 378 g/mol. The number of hydrogen-bond donors (Lipinski definition) is 2. The normalized spacial score (nSPS) is 21.9. The molecule has 2 unspecified atom stereocenters. The molecule has 7 heteroatoms. The summed E-state index contributed by atoms with van der Waals surface area (Å²) < 4.78 is 0. The first-order valence-corrected chi connectivity index (χ1v) is 10.8. The van der Waals surface area contributed by atoms with Gasteiger partial charge in [0.2, 0.25) is 5.91 Å². The summed E-state index contributed by atoms with van der Waals surface area (Å²) in [5, 5.41) is 13.0. The molecular formula is C23H31N5O2. The number of aliphatic hydroxyl groups is 1. The number of nitrogens with one attached hydrogen (secondary N) is 1. The van der Waals surface area contributed by atoms with Gasteiger partial charge in [-0.2, -0.15) is 0 Å². The monoisotopic (exact) mass is 409 g/mol. The van der Waals surface area contributed by atoms with E-state index in [9.17, 15) is 9.90 Å². The van der Waals surface area contributed by atoms with Gasteiger partial charge in [-0.05, 0) is 57.6 Å². The van der Waals surface area contributed by atoms with Crippen LogP contribution in [0.25, 0.3) is 0 Å². The number of anilines is 3. The van der Waals surface area contributed by atoms with Gasteiger partial charge in [-0.25, -0.2) is 9.97 Å². The van der Waals surface area contributed by atoms with Crippen LogP contribution in [0.4, 0.5) is 17.3 Å². The average molecular weight is 410 g/mol. The van der Waals surface area contributed by atoms with Gasteiger partial charge in [0.25, 0.3) is 0 Å². The number of nitrogens with zero attached hydrogens (tertiary/aromatic N) is 4. The summed E-state index contributed by atoms with van der Waals surface area (Å²) in [4.78, 5) is 26.0. The number of aryl methyl sites for hydroxylation is 3. The summed E-state index contributed by atoms with van der Waals surface area (Å²) in [5.74, 6) is 1.54. The zero-order valence-corrected chi connectivity index (χ0v) is 18.1. The molecule has 2 aromatic rings. The molecule has 0 bridgehead atoms. The van der Waals surface area contributed by atoms with E-state index in [1.807, 2.05) is 11.0 Å². The lowest BCUT2D eigenvalue weighted by atomic mass is 10.0. The van der Waals surface area contributed by atoms with Gasteiger partial charge in [0.1, 0.15) is 24.0 Å². The third-order valence-corrected chi connectivity index (χ3v) is 6.22. The Bertz CT molecular complexity index is 909. The SMILES string of the molecule is Cc1cc(C)c(N2CCC(Nc3cc(N4CCCCC4CO)ncn3)C2=O)c(C)c1. The first-order chi connectivity index (χ1) is 14.5. The van der Waals surface area contributed by atoms with Gasteiger partial charge in [-0.1, -0.05) is 17.7 Å². The van der Waals surface area contributed by atoms with Crippen LogP contribution >= 0.6 is 0 Å². The zero-order chi connectivity index (χ0) is 21.3. The van der Waals surface area contributed by atoms with Crippen molar-refractivity contribution in [2.75, 3.05) is 34.8 Å². The minimum atomic E-state index is -0.303. The third kappa shape index (κ3) is 3.99. The Hall–Kier alpha value is -2.67. The maximum absolute atomic E-state index is 13.2. The lowest BCUT2D eigenvalue weighted by Gasteiger charge is -2.35. The molecule has 7 nitrogen and oxygen atoms in total. The van der Waals surface area contributed by atoms with E-state index in [1.54, 1.807) is 0 Å². The lowest BCUT2D eigenvalue weighted by molar-refractivity contribution is -0.117. The predicted molar refractivity (Wildman–Crippen MR) is 119 cm³/mol. The van der Waals surface area contributed by atoms with E-state index in [2.05, 4.69) is 53.1 Å². The maximum atomic E-state index is 13.2. The highest BCUT2D eigenvalue weighted by Crippen LogP contribution is 2.31. The molecule has 160 valence electrons. The van der Waals surface area contributed by atoms with Crippen molar-refractivity contribution in [1.29, 1.82) is 0 Å². The quantitative estimate of drug-likeness (QED) is 0.790. The Balaban J connectivity index is 1.50. The van der Waals surface area contributed by atoms with Gasteiger partial charge in [0, 0.05) is 24.8 Å². The largest absolute Gasteiger partial charge is 0.394 e. The second kappa shape index (κ2) is 8.60. The molecule has 4 rings (SSSR count). The van der Waals surface area contributed by atoms with E-state index < -0.39 is 0 Å². The lowest BCUT2D eigenvalue weighted by Crippen LogP contribution is -2.42. The molecule has 2 N–H and O–H groups in total. The number of carbonyl (C=O) groups excluding carboxylic acids is 1. The Labute approximate surface area is 178 Å². The van der Waals surface area contributed by atoms with Crippen molar-refractivity contribution in [2.45, 2.75) is 58.5 Å². The summed E-state index contributed by atoms with van der Waals surface area (Å²) in [6.07, 6.45) is 5.45. The van der Waals surface area contributed by atoms with Gasteiger partial charge in [0.05, 0.1) is 12.6 Å². The van der Waals surface area contributed by atoms with Crippen LogP contribution in [0.3, 0.4) is 0 Å². The summed E-state index contributed by atoms with van der Waals surface area (Å²) in [6, 6.07) is 5.94. The smallest absolute Gasteiger partial charge is 0.249 e. The Morgan fingerprint density at radius 3 is 2.57 bits per heavy atom. The van der Waals surface area contributed by atoms with E-state index in [4.69, 9.17) is 0 Å². The molecule has 3 heterocycles. The number of amides is 1. The molecule has 0 saturated carbocycles. The van der Waals surface area contributed by atoms with Crippen LogP contribution in [-0.2, 0) is 4.79 Å². The molecule has 2 saturated heterocycles. The van der Waals surface area contributed by atoms with Crippen molar-refractivity contribution in [3.05, 3.63) is 41.2 Å². The van der Waals surface area contributed by atoms with Crippen molar-refractivity contribution in [3.8, 4) is 0 Å². The van der Waals surface area contributed by atoms with Crippen molar-refractivity contribution >= 4 is 23.2 Å². The van der Waals surface area contributed by atoms with Crippen LogP contribution in [0.2, 0.25) is 0 Å². The molecule has 0 spiro atoms. The Morgan fingerprint density at radius 2 is 1.83 bits per heavy atom. The fourth-order valence-electron chi connectivity index (χ4n) is 4.89. The minimum Gasteiger partial charge on any atom is -0.394 e. The van der Waals surface area contributed by atoms with Gasteiger partial charge in [-0.3, -0.25) is 4.79 Å². The van der Waals surface area contributed by atoms with E-state index in [0.717, 1.165) is 54.9 Å². The number of hydrogen-bond acceptors (Lipinski definition) is 6. The fraction of sp³-hybridized carbons (Fsp3) is 0.522. The third-order valence-electron chi connectivity index (χ3n) is 6.22. The van der Waals surface area contributed by atoms with Gasteiger partial charge < -0.3 is 20.2 Å². The second-order valence-corrected chi connectivity index (χ2v) is 8.51. The molecule has 1 amide bonds. The van der Waals surface area contributed by atoms with Gasteiger partial charge in [-0.15, -0.1) is 0 Å². The Morgan fingerprint density at radius 1 is 1.07 bits per heavy atom. The Kier molecular flexibility index (Phi) is 5.90. The number of rotatable bonds is 5. The van der Waals surface area contributed by atoms with E-state index >= 15 is 0 Å². The first-order valence-electron chi connectivity index (χ1n) is 10.8.